The van der Waals surface area contributed by atoms with E-state index in [1.165, 1.54) is 30.5 Å². The molecule has 8 nitrogen and oxygen atoms in total. The quantitative estimate of drug-likeness (QED) is 0.392. The summed E-state index contributed by atoms with van der Waals surface area (Å²) in [5.74, 6) is -0.933. The van der Waals surface area contributed by atoms with Gasteiger partial charge in [0.15, 0.2) is 0 Å². The number of amides is 1. The van der Waals surface area contributed by atoms with E-state index in [2.05, 4.69) is 9.71 Å². The molecule has 1 atom stereocenters. The molecule has 30 heavy (non-hydrogen) atoms. The van der Waals surface area contributed by atoms with E-state index < -0.39 is 21.9 Å². The van der Waals surface area contributed by atoms with Gasteiger partial charge < -0.3 is 10.6 Å². The molecule has 0 bridgehead atoms. The first-order valence-electron chi connectivity index (χ1n) is 9.02. The number of nitrogens with two attached hydrogens (primary N) is 1. The lowest BCUT2D eigenvalue weighted by atomic mass is 10.2. The molecule has 0 saturated carbocycles. The number of rotatable bonds is 6. The molecule has 0 unspecified atom stereocenters. The lowest BCUT2D eigenvalue weighted by Gasteiger charge is -2.17. The van der Waals surface area contributed by atoms with Gasteiger partial charge in [0.2, 0.25) is 5.91 Å². The van der Waals surface area contributed by atoms with Crippen LogP contribution in [0.2, 0.25) is 0 Å². The number of hydrogen-bond donors (Lipinski definition) is 3. The highest BCUT2D eigenvalue weighted by Gasteiger charge is 2.35. The van der Waals surface area contributed by atoms with Crippen LogP contribution >= 0.6 is 11.3 Å². The van der Waals surface area contributed by atoms with Crippen LogP contribution in [0.15, 0.2) is 46.8 Å². The van der Waals surface area contributed by atoms with Crippen LogP contribution in [0, 0.1) is 11.2 Å². The van der Waals surface area contributed by atoms with Gasteiger partial charge in [-0.25, -0.2) is 12.8 Å². The SMILES string of the molecule is N=C(N)c1cc(CN2CC[C@H](NS(=O)(=O)c3cc4ccc(F)cc4s3)C2=O)ccn1. The molecule has 1 amide bonds. The Morgan fingerprint density at radius 2 is 2.13 bits per heavy atom. The van der Waals surface area contributed by atoms with Gasteiger partial charge in [-0.2, -0.15) is 4.72 Å². The van der Waals surface area contributed by atoms with Crippen molar-refractivity contribution in [3.8, 4) is 0 Å². The number of nitrogens with zero attached hydrogens (tertiary/aromatic N) is 2. The fraction of sp³-hybridized carbons (Fsp3) is 0.211. The maximum absolute atomic E-state index is 13.4. The lowest BCUT2D eigenvalue weighted by molar-refractivity contribution is -0.129. The second-order valence-corrected chi connectivity index (χ2v) is 9.96. The van der Waals surface area contributed by atoms with Gasteiger partial charge in [-0.3, -0.25) is 15.2 Å². The molecule has 3 heterocycles. The monoisotopic (exact) mass is 447 g/mol. The Balaban J connectivity index is 1.48. The van der Waals surface area contributed by atoms with E-state index >= 15 is 0 Å². The fourth-order valence-electron chi connectivity index (χ4n) is 3.30. The minimum Gasteiger partial charge on any atom is -0.382 e. The Hall–Kier alpha value is -2.89. The van der Waals surface area contributed by atoms with Crippen molar-refractivity contribution in [3.05, 3.63) is 59.7 Å². The summed E-state index contributed by atoms with van der Waals surface area (Å²) in [6.07, 6.45) is 1.85. The van der Waals surface area contributed by atoms with Crippen LogP contribution in [0.4, 0.5) is 4.39 Å². The van der Waals surface area contributed by atoms with Crippen LogP contribution in [0.3, 0.4) is 0 Å². The molecule has 0 spiro atoms. The van der Waals surface area contributed by atoms with E-state index in [9.17, 15) is 17.6 Å². The molecule has 3 aromatic rings. The highest BCUT2D eigenvalue weighted by molar-refractivity contribution is 7.91. The predicted molar refractivity (Wildman–Crippen MR) is 111 cm³/mol. The molecule has 1 aliphatic heterocycles. The zero-order valence-electron chi connectivity index (χ0n) is 15.6. The smallest absolute Gasteiger partial charge is 0.250 e. The summed E-state index contributed by atoms with van der Waals surface area (Å²) in [6, 6.07) is 8.02. The first-order chi connectivity index (χ1) is 14.2. The normalized spacial score (nSPS) is 17.0. The van der Waals surface area contributed by atoms with Crippen LogP contribution in [0.25, 0.3) is 10.1 Å². The maximum Gasteiger partial charge on any atom is 0.250 e. The first-order valence-corrected chi connectivity index (χ1v) is 11.3. The van der Waals surface area contributed by atoms with Gasteiger partial charge in [-0.15, -0.1) is 11.3 Å². The Labute approximate surface area is 176 Å². The molecule has 1 aromatic carbocycles. The molecular formula is C19H18FN5O3S2. The zero-order chi connectivity index (χ0) is 21.5. The van der Waals surface area contributed by atoms with Gasteiger partial charge in [0.05, 0.1) is 0 Å². The number of amidine groups is 1. The molecule has 1 saturated heterocycles. The van der Waals surface area contributed by atoms with E-state index in [1.54, 1.807) is 17.0 Å². The van der Waals surface area contributed by atoms with Crippen LogP contribution in [-0.4, -0.2) is 42.6 Å². The predicted octanol–water partition coefficient (Wildman–Crippen LogP) is 1.80. The first kappa shape index (κ1) is 20.4. The minimum absolute atomic E-state index is 0.0367. The number of benzene rings is 1. The number of carbonyl (C=O) groups is 1. The summed E-state index contributed by atoms with van der Waals surface area (Å²) in [4.78, 5) is 18.3. The van der Waals surface area contributed by atoms with Gasteiger partial charge in [-0.05, 0) is 47.7 Å². The number of sulfonamides is 1. The van der Waals surface area contributed by atoms with Crippen LogP contribution in [0.1, 0.15) is 17.7 Å². The number of likely N-dealkylation sites (tertiary alicyclic amines) is 1. The van der Waals surface area contributed by atoms with Crippen LogP contribution in [-0.2, 0) is 21.4 Å². The number of thiophene rings is 1. The second-order valence-electron chi connectivity index (χ2n) is 6.93. The Morgan fingerprint density at radius 1 is 1.33 bits per heavy atom. The summed E-state index contributed by atoms with van der Waals surface area (Å²) < 4.78 is 41.9. The maximum atomic E-state index is 13.4. The van der Waals surface area contributed by atoms with Crippen molar-refractivity contribution < 1.29 is 17.6 Å². The number of hydrogen-bond acceptors (Lipinski definition) is 6. The molecule has 11 heteroatoms. The van der Waals surface area contributed by atoms with Crippen molar-refractivity contribution in [3.63, 3.8) is 0 Å². The standard InChI is InChI=1S/C19H18FN5O3S2/c20-13-2-1-12-8-17(29-16(12)9-13)30(27,28)24-14-4-6-25(19(14)26)10-11-3-5-23-15(7-11)18(21)22/h1-3,5,7-9,14,24H,4,6,10H2,(H3,21,22)/t14-/m0/s1. The summed E-state index contributed by atoms with van der Waals surface area (Å²) in [6.45, 7) is 0.656. The summed E-state index contributed by atoms with van der Waals surface area (Å²) in [5, 5.41) is 8.08. The van der Waals surface area contributed by atoms with Gasteiger partial charge in [0.1, 0.15) is 27.6 Å². The molecule has 1 aliphatic rings. The van der Waals surface area contributed by atoms with Crippen molar-refractivity contribution in [1.29, 1.82) is 5.41 Å². The number of halogens is 1. The number of nitrogen functional groups attached to an aromatic ring is 1. The topological polar surface area (TPSA) is 129 Å². The van der Waals surface area contributed by atoms with E-state index in [0.717, 1.165) is 16.9 Å². The highest BCUT2D eigenvalue weighted by atomic mass is 32.2. The van der Waals surface area contributed by atoms with Gasteiger partial charge in [0.25, 0.3) is 10.0 Å². The second kappa shape index (κ2) is 7.74. The van der Waals surface area contributed by atoms with Crippen molar-refractivity contribution in [2.24, 2.45) is 5.73 Å². The third-order valence-electron chi connectivity index (χ3n) is 4.79. The van der Waals surface area contributed by atoms with E-state index in [0.29, 0.717) is 28.7 Å². The van der Waals surface area contributed by atoms with Gasteiger partial charge >= 0.3 is 0 Å². The molecule has 2 aromatic heterocycles. The van der Waals surface area contributed by atoms with Gasteiger partial charge in [-0.1, -0.05) is 6.07 Å². The van der Waals surface area contributed by atoms with Crippen molar-refractivity contribution in [1.82, 2.24) is 14.6 Å². The zero-order valence-corrected chi connectivity index (χ0v) is 17.3. The molecule has 0 aliphatic carbocycles. The van der Waals surface area contributed by atoms with Crippen LogP contribution in [0.5, 0.6) is 0 Å². The molecule has 1 fully saturated rings. The molecule has 156 valence electrons. The average Bonchev–Trinajstić information content (AvgIpc) is 3.27. The summed E-state index contributed by atoms with van der Waals surface area (Å²) in [7, 11) is -3.92. The third-order valence-corrected chi connectivity index (χ3v) is 7.84. The van der Waals surface area contributed by atoms with E-state index in [4.69, 9.17) is 11.1 Å². The minimum atomic E-state index is -3.92. The summed E-state index contributed by atoms with van der Waals surface area (Å²) in [5.41, 5.74) is 6.51. The average molecular weight is 448 g/mol. The highest BCUT2D eigenvalue weighted by Crippen LogP contribution is 2.30. The Morgan fingerprint density at radius 3 is 2.90 bits per heavy atom. The third kappa shape index (κ3) is 4.04. The molecule has 0 radical (unpaired) electrons. The van der Waals surface area contributed by atoms with E-state index in [1.807, 2.05) is 0 Å². The van der Waals surface area contributed by atoms with Crippen LogP contribution < -0.4 is 10.5 Å². The molecular weight excluding hydrogens is 429 g/mol. The van der Waals surface area contributed by atoms with Crippen molar-refractivity contribution in [2.75, 3.05) is 6.54 Å². The number of nitrogens with one attached hydrogen (secondary N) is 2. The fourth-order valence-corrected chi connectivity index (χ4v) is 5.97. The Kier molecular flexibility index (Phi) is 5.26. The number of aromatic nitrogens is 1. The largest absolute Gasteiger partial charge is 0.382 e. The van der Waals surface area contributed by atoms with Crippen molar-refractivity contribution >= 4 is 43.2 Å². The van der Waals surface area contributed by atoms with Gasteiger partial charge in [0, 0.05) is 24.0 Å². The Bertz CT molecular complexity index is 1260. The number of carbonyl (C=O) groups excluding carboxylic acids is 1. The molecule has 4 N–H and O–H groups in total. The molecule has 4 rings (SSSR count). The summed E-state index contributed by atoms with van der Waals surface area (Å²) >= 11 is 0.956. The van der Waals surface area contributed by atoms with Crippen molar-refractivity contribution in [2.45, 2.75) is 23.2 Å². The van der Waals surface area contributed by atoms with E-state index in [-0.39, 0.29) is 22.5 Å². The lowest BCUT2D eigenvalue weighted by Crippen LogP contribution is -2.41. The number of fused-ring (bicyclic) bond motifs is 1. The number of pyridine rings is 1.